The van der Waals surface area contributed by atoms with Crippen LogP contribution in [0.3, 0.4) is 0 Å². The van der Waals surface area contributed by atoms with Gasteiger partial charge in [0.05, 0.1) is 22.6 Å². The number of fused-ring (bicyclic) bond motifs is 2. The summed E-state index contributed by atoms with van der Waals surface area (Å²) >= 11 is 6.23. The molecule has 0 radical (unpaired) electrons. The molecule has 0 spiro atoms. The van der Waals surface area contributed by atoms with E-state index in [9.17, 15) is 4.79 Å². The van der Waals surface area contributed by atoms with Gasteiger partial charge < -0.3 is 14.8 Å². The van der Waals surface area contributed by atoms with Crippen molar-refractivity contribution >= 4 is 39.4 Å². The Hall–Kier alpha value is -2.90. The minimum Gasteiger partial charge on any atom is -0.345 e. The molecule has 1 aliphatic rings. The Kier molecular flexibility index (Phi) is 5.38. The molecule has 0 aliphatic carbocycles. The van der Waals surface area contributed by atoms with Crippen molar-refractivity contribution < 1.29 is 4.79 Å². The molecular formula is C23H25ClN6O. The highest BCUT2D eigenvalue weighted by Gasteiger charge is 2.28. The van der Waals surface area contributed by atoms with Gasteiger partial charge in [0.15, 0.2) is 0 Å². The molecule has 0 bridgehead atoms. The molecule has 160 valence electrons. The van der Waals surface area contributed by atoms with Crippen LogP contribution in [0.2, 0.25) is 5.02 Å². The van der Waals surface area contributed by atoms with E-state index >= 15 is 0 Å². The summed E-state index contributed by atoms with van der Waals surface area (Å²) in [4.78, 5) is 15.4. The van der Waals surface area contributed by atoms with Crippen molar-refractivity contribution in [3.8, 4) is 0 Å². The number of hydrogen-bond donors (Lipinski definition) is 1. The van der Waals surface area contributed by atoms with E-state index in [1.807, 2.05) is 59.2 Å². The van der Waals surface area contributed by atoms with Crippen molar-refractivity contribution in [1.82, 2.24) is 29.8 Å². The average molecular weight is 437 g/mol. The van der Waals surface area contributed by atoms with Crippen LogP contribution in [0.1, 0.15) is 29.2 Å². The van der Waals surface area contributed by atoms with Crippen molar-refractivity contribution in [3.05, 3.63) is 59.2 Å². The molecule has 1 saturated heterocycles. The van der Waals surface area contributed by atoms with Gasteiger partial charge in [-0.25, -0.2) is 4.68 Å². The van der Waals surface area contributed by atoms with Gasteiger partial charge in [-0.1, -0.05) is 35.0 Å². The normalized spacial score (nSPS) is 15.2. The lowest BCUT2D eigenvalue weighted by molar-refractivity contribution is 0.0693. The SMILES string of the molecule is CNCCn1cc(C(=O)N2CCC(n3nnc4ccccc43)CC2)c2ccc(Cl)cc21. The van der Waals surface area contributed by atoms with Crippen LogP contribution in [0.5, 0.6) is 0 Å². The van der Waals surface area contributed by atoms with Gasteiger partial charge in [0.2, 0.25) is 0 Å². The van der Waals surface area contributed by atoms with E-state index in [1.54, 1.807) is 0 Å². The summed E-state index contributed by atoms with van der Waals surface area (Å²) in [5.41, 5.74) is 3.70. The fourth-order valence-corrected chi connectivity index (χ4v) is 4.66. The standard InChI is InChI=1S/C23H25ClN6O/c1-25-10-13-29-15-19(18-7-6-16(24)14-22(18)29)23(31)28-11-8-17(9-12-28)30-21-5-3-2-4-20(21)26-27-30/h2-7,14-15,17,25H,8-13H2,1H3. The van der Waals surface area contributed by atoms with E-state index in [4.69, 9.17) is 11.6 Å². The first-order valence-corrected chi connectivity index (χ1v) is 11.1. The third-order valence-electron chi connectivity index (χ3n) is 6.15. The maximum absolute atomic E-state index is 13.4. The van der Waals surface area contributed by atoms with Crippen molar-refractivity contribution in [3.63, 3.8) is 0 Å². The first-order valence-electron chi connectivity index (χ1n) is 10.7. The Morgan fingerprint density at radius 1 is 1.16 bits per heavy atom. The van der Waals surface area contributed by atoms with Gasteiger partial charge in [-0.05, 0) is 44.2 Å². The van der Waals surface area contributed by atoms with Gasteiger partial charge in [0.1, 0.15) is 5.52 Å². The van der Waals surface area contributed by atoms with Gasteiger partial charge in [0, 0.05) is 42.8 Å². The number of carbonyl (C=O) groups is 1. The molecule has 31 heavy (non-hydrogen) atoms. The lowest BCUT2D eigenvalue weighted by Crippen LogP contribution is -2.39. The number of amides is 1. The molecule has 0 saturated carbocycles. The summed E-state index contributed by atoms with van der Waals surface area (Å²) in [7, 11) is 1.92. The molecule has 1 aliphatic heterocycles. The van der Waals surface area contributed by atoms with Crippen molar-refractivity contribution in [1.29, 1.82) is 0 Å². The fourth-order valence-electron chi connectivity index (χ4n) is 4.49. The molecule has 3 heterocycles. The lowest BCUT2D eigenvalue weighted by atomic mass is 10.0. The Balaban J connectivity index is 1.36. The minimum atomic E-state index is 0.0810. The number of rotatable bonds is 5. The van der Waals surface area contributed by atoms with Crippen LogP contribution in [-0.4, -0.2) is 57.1 Å². The molecule has 7 nitrogen and oxygen atoms in total. The summed E-state index contributed by atoms with van der Waals surface area (Å²) in [5.74, 6) is 0.0810. The molecule has 0 atom stereocenters. The number of nitrogens with one attached hydrogen (secondary N) is 1. The maximum Gasteiger partial charge on any atom is 0.256 e. The molecule has 1 fully saturated rings. The molecule has 2 aromatic carbocycles. The number of hydrogen-bond acceptors (Lipinski definition) is 4. The lowest BCUT2D eigenvalue weighted by Gasteiger charge is -2.32. The average Bonchev–Trinajstić information content (AvgIpc) is 3.39. The quantitative estimate of drug-likeness (QED) is 0.517. The van der Waals surface area contributed by atoms with Gasteiger partial charge in [-0.3, -0.25) is 4.79 Å². The Morgan fingerprint density at radius 3 is 2.77 bits per heavy atom. The van der Waals surface area contributed by atoms with Crippen molar-refractivity contribution in [2.24, 2.45) is 0 Å². The van der Waals surface area contributed by atoms with Crippen LogP contribution >= 0.6 is 11.6 Å². The molecule has 0 unspecified atom stereocenters. The highest BCUT2D eigenvalue weighted by molar-refractivity contribution is 6.31. The second-order valence-electron chi connectivity index (χ2n) is 8.05. The number of aromatic nitrogens is 4. The number of nitrogens with zero attached hydrogens (tertiary/aromatic N) is 5. The summed E-state index contributed by atoms with van der Waals surface area (Å²) in [5, 5.41) is 13.4. The highest BCUT2D eigenvalue weighted by atomic mass is 35.5. The Morgan fingerprint density at radius 2 is 1.97 bits per heavy atom. The van der Waals surface area contributed by atoms with Crippen LogP contribution < -0.4 is 5.32 Å². The maximum atomic E-state index is 13.4. The molecule has 8 heteroatoms. The van der Waals surface area contributed by atoms with E-state index in [-0.39, 0.29) is 11.9 Å². The van der Waals surface area contributed by atoms with E-state index in [1.165, 1.54) is 0 Å². The number of carbonyl (C=O) groups excluding carboxylic acids is 1. The van der Waals surface area contributed by atoms with E-state index < -0.39 is 0 Å². The first-order chi connectivity index (χ1) is 15.2. The van der Waals surface area contributed by atoms with Crippen LogP contribution in [0.15, 0.2) is 48.7 Å². The summed E-state index contributed by atoms with van der Waals surface area (Å²) in [6.45, 7) is 3.01. The van der Waals surface area contributed by atoms with Crippen molar-refractivity contribution in [2.75, 3.05) is 26.7 Å². The predicted octanol–water partition coefficient (Wildman–Crippen LogP) is 3.74. The molecule has 5 rings (SSSR count). The zero-order valence-corrected chi connectivity index (χ0v) is 18.2. The van der Waals surface area contributed by atoms with Crippen LogP contribution in [0.25, 0.3) is 21.9 Å². The molecular weight excluding hydrogens is 412 g/mol. The van der Waals surface area contributed by atoms with Gasteiger partial charge in [-0.15, -0.1) is 5.10 Å². The minimum absolute atomic E-state index is 0.0810. The van der Waals surface area contributed by atoms with Crippen LogP contribution in [0, 0.1) is 0 Å². The largest absolute Gasteiger partial charge is 0.345 e. The first kappa shape index (κ1) is 20.0. The molecule has 1 amide bonds. The third kappa shape index (κ3) is 3.68. The topological polar surface area (TPSA) is 68.0 Å². The second kappa shape index (κ2) is 8.32. The predicted molar refractivity (Wildman–Crippen MR) is 123 cm³/mol. The highest BCUT2D eigenvalue weighted by Crippen LogP contribution is 2.29. The zero-order valence-electron chi connectivity index (χ0n) is 17.5. The zero-order chi connectivity index (χ0) is 21.4. The Labute approximate surface area is 185 Å². The third-order valence-corrected chi connectivity index (χ3v) is 6.39. The molecule has 4 aromatic rings. The fraction of sp³-hybridized carbons (Fsp3) is 0.348. The van der Waals surface area contributed by atoms with Gasteiger partial charge in [-0.2, -0.15) is 0 Å². The van der Waals surface area contributed by atoms with E-state index in [0.717, 1.165) is 53.4 Å². The smallest absolute Gasteiger partial charge is 0.256 e. The summed E-state index contributed by atoms with van der Waals surface area (Å²) < 4.78 is 4.13. The van der Waals surface area contributed by atoms with E-state index in [2.05, 4.69) is 26.3 Å². The van der Waals surface area contributed by atoms with E-state index in [0.29, 0.717) is 18.1 Å². The number of likely N-dealkylation sites (N-methyl/N-ethyl adjacent to an activating group) is 1. The van der Waals surface area contributed by atoms with Crippen molar-refractivity contribution in [2.45, 2.75) is 25.4 Å². The molecule has 2 aromatic heterocycles. The monoisotopic (exact) mass is 436 g/mol. The number of halogens is 1. The number of likely N-dealkylation sites (tertiary alicyclic amines) is 1. The van der Waals surface area contributed by atoms with Gasteiger partial charge >= 0.3 is 0 Å². The van der Waals surface area contributed by atoms with Gasteiger partial charge in [0.25, 0.3) is 5.91 Å². The molecule has 1 N–H and O–H groups in total. The Bertz CT molecular complexity index is 1240. The number of benzene rings is 2. The summed E-state index contributed by atoms with van der Waals surface area (Å²) in [6, 6.07) is 14.0. The number of para-hydroxylation sites is 1. The van der Waals surface area contributed by atoms with Crippen LogP contribution in [0.4, 0.5) is 0 Å². The number of piperidine rings is 1. The summed E-state index contributed by atoms with van der Waals surface area (Å²) in [6.07, 6.45) is 3.70. The van der Waals surface area contributed by atoms with Crippen LogP contribution in [-0.2, 0) is 6.54 Å². The second-order valence-corrected chi connectivity index (χ2v) is 8.48.